The van der Waals surface area contributed by atoms with Crippen LogP contribution in [-0.2, 0) is 19.7 Å². The second-order valence-corrected chi connectivity index (χ2v) is 7.66. The smallest absolute Gasteiger partial charge is 0.414 e. The predicted molar refractivity (Wildman–Crippen MR) is 94.7 cm³/mol. The summed E-state index contributed by atoms with van der Waals surface area (Å²) in [6.07, 6.45) is 0.579. The maximum absolute atomic E-state index is 12.1. The number of hydrogen-bond acceptors (Lipinski definition) is 4. The van der Waals surface area contributed by atoms with E-state index in [1.165, 1.54) is 5.56 Å². The molecule has 0 aromatic heterocycles. The van der Waals surface area contributed by atoms with Crippen LogP contribution < -0.4 is 10.2 Å². The summed E-state index contributed by atoms with van der Waals surface area (Å²) < 4.78 is 10.7. The first-order valence-electron chi connectivity index (χ1n) is 8.82. The van der Waals surface area contributed by atoms with Crippen molar-refractivity contribution in [2.45, 2.75) is 51.2 Å². The topological polar surface area (TPSA) is 67.9 Å². The molecule has 136 valence electrons. The summed E-state index contributed by atoms with van der Waals surface area (Å²) in [7, 11) is 0. The molecule has 6 nitrogen and oxygen atoms in total. The summed E-state index contributed by atoms with van der Waals surface area (Å²) in [6, 6.07) is 7.95. The lowest BCUT2D eigenvalue weighted by atomic mass is 9.87. The highest BCUT2D eigenvalue weighted by molar-refractivity contribution is 5.90. The van der Waals surface area contributed by atoms with E-state index >= 15 is 0 Å². The Kier molecular flexibility index (Phi) is 4.99. The van der Waals surface area contributed by atoms with Gasteiger partial charge in [-0.25, -0.2) is 4.79 Å². The van der Waals surface area contributed by atoms with Crippen LogP contribution in [0.2, 0.25) is 0 Å². The van der Waals surface area contributed by atoms with Crippen molar-refractivity contribution in [1.82, 2.24) is 5.32 Å². The van der Waals surface area contributed by atoms with Crippen molar-refractivity contribution < 1.29 is 19.1 Å². The van der Waals surface area contributed by atoms with Crippen LogP contribution in [0.25, 0.3) is 0 Å². The Balaban J connectivity index is 1.56. The zero-order valence-corrected chi connectivity index (χ0v) is 15.1. The van der Waals surface area contributed by atoms with Crippen molar-refractivity contribution in [3.05, 3.63) is 29.8 Å². The summed E-state index contributed by atoms with van der Waals surface area (Å²) >= 11 is 0. The molecule has 2 aliphatic heterocycles. The van der Waals surface area contributed by atoms with E-state index in [9.17, 15) is 9.59 Å². The van der Waals surface area contributed by atoms with Crippen LogP contribution in [0.4, 0.5) is 10.5 Å². The highest BCUT2D eigenvalue weighted by Crippen LogP contribution is 2.27. The molecule has 0 spiro atoms. The van der Waals surface area contributed by atoms with E-state index in [-0.39, 0.29) is 29.6 Å². The minimum atomic E-state index is -0.375. The molecule has 2 aliphatic rings. The van der Waals surface area contributed by atoms with E-state index in [0.717, 1.165) is 18.5 Å². The number of rotatable bonds is 4. The van der Waals surface area contributed by atoms with Gasteiger partial charge in [0.25, 0.3) is 0 Å². The van der Waals surface area contributed by atoms with Crippen molar-refractivity contribution in [3.8, 4) is 0 Å². The molecule has 2 unspecified atom stereocenters. The van der Waals surface area contributed by atoms with Gasteiger partial charge in [0, 0.05) is 12.3 Å². The predicted octanol–water partition coefficient (Wildman–Crippen LogP) is 2.60. The van der Waals surface area contributed by atoms with E-state index < -0.39 is 0 Å². The van der Waals surface area contributed by atoms with Crippen LogP contribution in [0.1, 0.15) is 39.2 Å². The van der Waals surface area contributed by atoms with E-state index in [2.05, 4.69) is 26.1 Å². The first kappa shape index (κ1) is 17.7. The molecule has 2 amide bonds. The van der Waals surface area contributed by atoms with Gasteiger partial charge in [-0.2, -0.15) is 0 Å². The Hall–Kier alpha value is -2.08. The number of cyclic esters (lactones) is 1. The molecule has 3 rings (SSSR count). The average Bonchev–Trinajstić information content (AvgIpc) is 3.22. The third-order valence-corrected chi connectivity index (χ3v) is 4.65. The summed E-state index contributed by atoms with van der Waals surface area (Å²) in [6.45, 7) is 7.83. The zero-order valence-electron chi connectivity index (χ0n) is 15.1. The molecule has 2 atom stereocenters. The molecule has 2 fully saturated rings. The van der Waals surface area contributed by atoms with Gasteiger partial charge in [0.1, 0.15) is 12.2 Å². The summed E-state index contributed by atoms with van der Waals surface area (Å²) in [5.41, 5.74) is 2.09. The molecule has 1 aromatic carbocycles. The number of anilines is 1. The van der Waals surface area contributed by atoms with Gasteiger partial charge in [-0.3, -0.25) is 9.69 Å². The Morgan fingerprint density at radius 2 is 2.00 bits per heavy atom. The number of hydrogen-bond donors (Lipinski definition) is 1. The molecule has 0 aliphatic carbocycles. The van der Waals surface area contributed by atoms with Gasteiger partial charge in [0.15, 0.2) is 0 Å². The van der Waals surface area contributed by atoms with E-state index in [0.29, 0.717) is 19.7 Å². The molecule has 2 saturated heterocycles. The standard InChI is InChI=1S/C19H26N2O4/c1-19(2,3)13-6-8-14(9-7-13)21-12-15(25-18(21)23)11-20-17(22)16-5-4-10-24-16/h6-9,15-16H,4-5,10-12H2,1-3H3,(H,20,22). The van der Waals surface area contributed by atoms with E-state index in [1.54, 1.807) is 4.90 Å². The third kappa shape index (κ3) is 4.12. The van der Waals surface area contributed by atoms with Gasteiger partial charge >= 0.3 is 6.09 Å². The monoisotopic (exact) mass is 346 g/mol. The quantitative estimate of drug-likeness (QED) is 0.910. The van der Waals surface area contributed by atoms with E-state index in [4.69, 9.17) is 9.47 Å². The maximum atomic E-state index is 12.1. The van der Waals surface area contributed by atoms with E-state index in [1.807, 2.05) is 24.3 Å². The molecule has 0 radical (unpaired) electrons. The minimum absolute atomic E-state index is 0.0686. The Labute approximate surface area is 148 Å². The highest BCUT2D eigenvalue weighted by atomic mass is 16.6. The van der Waals surface area contributed by atoms with Crippen LogP contribution in [-0.4, -0.2) is 43.9 Å². The van der Waals surface area contributed by atoms with Crippen molar-refractivity contribution in [2.24, 2.45) is 0 Å². The third-order valence-electron chi connectivity index (χ3n) is 4.65. The van der Waals surface area contributed by atoms with Gasteiger partial charge < -0.3 is 14.8 Å². The molecule has 2 heterocycles. The van der Waals surface area contributed by atoms with Crippen LogP contribution in [0.3, 0.4) is 0 Å². The molecule has 25 heavy (non-hydrogen) atoms. The lowest BCUT2D eigenvalue weighted by Crippen LogP contribution is -2.40. The normalized spacial score (nSPS) is 23.6. The van der Waals surface area contributed by atoms with Crippen LogP contribution in [0.5, 0.6) is 0 Å². The number of nitrogens with zero attached hydrogens (tertiary/aromatic N) is 1. The fourth-order valence-corrected chi connectivity index (χ4v) is 3.09. The molecule has 6 heteroatoms. The van der Waals surface area contributed by atoms with Gasteiger partial charge in [-0.05, 0) is 36.0 Å². The van der Waals surface area contributed by atoms with Gasteiger partial charge in [0.2, 0.25) is 5.91 Å². The molecule has 1 N–H and O–H groups in total. The highest BCUT2D eigenvalue weighted by Gasteiger charge is 2.33. The molecule has 1 aromatic rings. The van der Waals surface area contributed by atoms with Gasteiger partial charge in [0.05, 0.1) is 13.1 Å². The SMILES string of the molecule is CC(C)(C)c1ccc(N2CC(CNC(=O)C3CCCO3)OC2=O)cc1. The van der Waals surface area contributed by atoms with Crippen molar-refractivity contribution in [1.29, 1.82) is 0 Å². The Morgan fingerprint density at radius 3 is 2.60 bits per heavy atom. The van der Waals surface area contributed by atoms with Crippen molar-refractivity contribution >= 4 is 17.7 Å². The van der Waals surface area contributed by atoms with Gasteiger partial charge in [-0.1, -0.05) is 32.9 Å². The zero-order chi connectivity index (χ0) is 18.0. The van der Waals surface area contributed by atoms with Crippen LogP contribution in [0, 0.1) is 0 Å². The Morgan fingerprint density at radius 1 is 1.28 bits per heavy atom. The molecule has 0 bridgehead atoms. The minimum Gasteiger partial charge on any atom is -0.442 e. The fraction of sp³-hybridized carbons (Fsp3) is 0.579. The number of ether oxygens (including phenoxy) is 2. The Bertz CT molecular complexity index is 630. The largest absolute Gasteiger partial charge is 0.442 e. The summed E-state index contributed by atoms with van der Waals surface area (Å²) in [5, 5.41) is 2.82. The summed E-state index contributed by atoms with van der Waals surface area (Å²) in [5.74, 6) is -0.124. The maximum Gasteiger partial charge on any atom is 0.414 e. The second kappa shape index (κ2) is 7.04. The molecular weight excluding hydrogens is 320 g/mol. The number of benzene rings is 1. The first-order valence-corrected chi connectivity index (χ1v) is 8.82. The van der Waals surface area contributed by atoms with Crippen LogP contribution in [0.15, 0.2) is 24.3 Å². The van der Waals surface area contributed by atoms with Crippen molar-refractivity contribution in [2.75, 3.05) is 24.6 Å². The number of amides is 2. The lowest BCUT2D eigenvalue weighted by molar-refractivity contribution is -0.130. The molecule has 0 saturated carbocycles. The number of carbonyl (C=O) groups is 2. The fourth-order valence-electron chi connectivity index (χ4n) is 3.09. The summed E-state index contributed by atoms with van der Waals surface area (Å²) in [4.78, 5) is 25.7. The number of carbonyl (C=O) groups excluding carboxylic acids is 2. The van der Waals surface area contributed by atoms with Gasteiger partial charge in [-0.15, -0.1) is 0 Å². The lowest BCUT2D eigenvalue weighted by Gasteiger charge is -2.20. The van der Waals surface area contributed by atoms with Crippen molar-refractivity contribution in [3.63, 3.8) is 0 Å². The second-order valence-electron chi connectivity index (χ2n) is 7.66. The average molecular weight is 346 g/mol. The first-order chi connectivity index (χ1) is 11.8. The number of nitrogens with one attached hydrogen (secondary N) is 1. The van der Waals surface area contributed by atoms with Crippen LogP contribution >= 0.6 is 0 Å². The molecular formula is C19H26N2O4.